The topological polar surface area (TPSA) is 24.9 Å². The summed E-state index contributed by atoms with van der Waals surface area (Å²) in [6.45, 7) is 1.01. The summed E-state index contributed by atoms with van der Waals surface area (Å²) in [4.78, 5) is 5.57. The maximum atomic E-state index is 4.14. The van der Waals surface area contributed by atoms with Gasteiger partial charge >= 0.3 is 0 Å². The van der Waals surface area contributed by atoms with Gasteiger partial charge in [0.2, 0.25) is 0 Å². The van der Waals surface area contributed by atoms with E-state index in [-0.39, 0.29) is 0 Å². The predicted molar refractivity (Wildman–Crippen MR) is 75.9 cm³/mol. The fourth-order valence-corrected chi connectivity index (χ4v) is 3.46. The van der Waals surface area contributed by atoms with Gasteiger partial charge in [0.05, 0.1) is 0 Å². The van der Waals surface area contributed by atoms with Crippen molar-refractivity contribution < 1.29 is 0 Å². The lowest BCUT2D eigenvalue weighted by molar-refractivity contribution is 0.585. The Balaban J connectivity index is 1.56. The maximum absolute atomic E-state index is 4.14. The Morgan fingerprint density at radius 1 is 1.22 bits per heavy atom. The van der Waals surface area contributed by atoms with E-state index >= 15 is 0 Å². The Morgan fingerprint density at radius 2 is 2.17 bits per heavy atom. The molecule has 0 spiro atoms. The number of hydrogen-bond donors (Lipinski definition) is 1. The Kier molecular flexibility index (Phi) is 3.62. The van der Waals surface area contributed by atoms with Crippen LogP contribution in [0.25, 0.3) is 0 Å². The molecule has 2 nitrogen and oxygen atoms in total. The van der Waals surface area contributed by atoms with Crippen LogP contribution in [-0.4, -0.2) is 17.3 Å². The average molecular weight is 256 g/mol. The molecule has 92 valence electrons. The highest BCUT2D eigenvalue weighted by molar-refractivity contribution is 7.99. The van der Waals surface area contributed by atoms with Crippen LogP contribution in [0.5, 0.6) is 0 Å². The molecule has 0 aliphatic carbocycles. The first-order valence-corrected chi connectivity index (χ1v) is 7.26. The summed E-state index contributed by atoms with van der Waals surface area (Å²) in [6.07, 6.45) is 4.80. The number of fused-ring (bicyclic) bond motifs is 1. The van der Waals surface area contributed by atoms with Crippen molar-refractivity contribution in [2.24, 2.45) is 0 Å². The minimum absolute atomic E-state index is 0.503. The van der Waals surface area contributed by atoms with E-state index in [0.29, 0.717) is 6.04 Å². The number of nitrogens with one attached hydrogen (secondary N) is 1. The Bertz CT molecular complexity index is 513. The summed E-state index contributed by atoms with van der Waals surface area (Å²) in [6, 6.07) is 13.3. The average Bonchev–Trinajstić information content (AvgIpc) is 2.84. The molecule has 0 radical (unpaired) electrons. The molecule has 1 aliphatic rings. The van der Waals surface area contributed by atoms with E-state index < -0.39 is 0 Å². The van der Waals surface area contributed by atoms with Gasteiger partial charge in [-0.3, -0.25) is 4.98 Å². The molecule has 3 heteroatoms. The molecular weight excluding hydrogens is 240 g/mol. The first kappa shape index (κ1) is 11.8. The summed E-state index contributed by atoms with van der Waals surface area (Å²) in [5.41, 5.74) is 2.75. The monoisotopic (exact) mass is 256 g/mol. The molecule has 1 aromatic heterocycles. The molecule has 2 heterocycles. The summed E-state index contributed by atoms with van der Waals surface area (Å²) in [5.74, 6) is 1.15. The molecule has 0 saturated carbocycles. The standard InChI is InChI=1S/C15H16N2S/c1-2-6-15-13(5-1)14(11-18-15)17-9-7-12-4-3-8-16-10-12/h1-6,8,10,14,17H,7,9,11H2. The molecule has 0 fully saturated rings. The van der Waals surface area contributed by atoms with E-state index in [1.165, 1.54) is 16.0 Å². The molecular formula is C15H16N2S. The van der Waals surface area contributed by atoms with Crippen LogP contribution in [0, 0.1) is 0 Å². The van der Waals surface area contributed by atoms with Crippen molar-refractivity contribution >= 4 is 11.8 Å². The van der Waals surface area contributed by atoms with Gasteiger partial charge in [-0.2, -0.15) is 0 Å². The van der Waals surface area contributed by atoms with Crippen molar-refractivity contribution in [1.29, 1.82) is 0 Å². The molecule has 1 aliphatic heterocycles. The quantitative estimate of drug-likeness (QED) is 0.910. The molecule has 1 aromatic carbocycles. The highest BCUT2D eigenvalue weighted by Gasteiger charge is 2.21. The zero-order valence-electron chi connectivity index (χ0n) is 10.2. The lowest BCUT2D eigenvalue weighted by Crippen LogP contribution is -2.23. The smallest absolute Gasteiger partial charge is 0.0426 e. The van der Waals surface area contributed by atoms with Crippen LogP contribution in [0.1, 0.15) is 17.2 Å². The van der Waals surface area contributed by atoms with Gasteiger partial charge in [0.25, 0.3) is 0 Å². The Morgan fingerprint density at radius 3 is 3.06 bits per heavy atom. The molecule has 1 N–H and O–H groups in total. The third-order valence-electron chi connectivity index (χ3n) is 3.23. The van der Waals surface area contributed by atoms with Crippen molar-refractivity contribution in [3.63, 3.8) is 0 Å². The molecule has 1 atom stereocenters. The van der Waals surface area contributed by atoms with Crippen molar-refractivity contribution in [1.82, 2.24) is 10.3 Å². The van der Waals surface area contributed by atoms with E-state index in [2.05, 4.69) is 40.6 Å². The van der Waals surface area contributed by atoms with Crippen LogP contribution in [0.2, 0.25) is 0 Å². The number of benzene rings is 1. The second-order valence-corrected chi connectivity index (χ2v) is 5.53. The van der Waals surface area contributed by atoms with Crippen LogP contribution < -0.4 is 5.32 Å². The highest BCUT2D eigenvalue weighted by Crippen LogP contribution is 2.37. The van der Waals surface area contributed by atoms with Gasteiger partial charge in [-0.05, 0) is 36.2 Å². The number of pyridine rings is 1. The fraction of sp³-hybridized carbons (Fsp3) is 0.267. The third kappa shape index (κ3) is 2.57. The summed E-state index contributed by atoms with van der Waals surface area (Å²) < 4.78 is 0. The van der Waals surface area contributed by atoms with Crippen LogP contribution >= 0.6 is 11.8 Å². The first-order chi connectivity index (χ1) is 8.93. The molecule has 3 rings (SSSR count). The van der Waals surface area contributed by atoms with Crippen molar-refractivity contribution in [2.75, 3.05) is 12.3 Å². The second-order valence-electron chi connectivity index (χ2n) is 4.47. The van der Waals surface area contributed by atoms with Crippen LogP contribution in [0.15, 0.2) is 53.7 Å². The van der Waals surface area contributed by atoms with E-state index in [1.54, 1.807) is 0 Å². The van der Waals surface area contributed by atoms with E-state index in [9.17, 15) is 0 Å². The molecule has 1 unspecified atom stereocenters. The molecule has 2 aromatic rings. The maximum Gasteiger partial charge on any atom is 0.0426 e. The van der Waals surface area contributed by atoms with E-state index in [0.717, 1.165) is 18.7 Å². The Labute approximate surface area is 112 Å². The Hall–Kier alpha value is -1.32. The van der Waals surface area contributed by atoms with Gasteiger partial charge in [-0.15, -0.1) is 11.8 Å². The summed E-state index contributed by atoms with van der Waals surface area (Å²) in [5, 5.41) is 3.64. The van der Waals surface area contributed by atoms with Crippen molar-refractivity contribution in [2.45, 2.75) is 17.4 Å². The molecule has 0 saturated heterocycles. The van der Waals surface area contributed by atoms with Gasteiger partial charge in [-0.25, -0.2) is 0 Å². The number of rotatable bonds is 4. The first-order valence-electron chi connectivity index (χ1n) is 6.27. The summed E-state index contributed by atoms with van der Waals surface area (Å²) >= 11 is 1.95. The van der Waals surface area contributed by atoms with Crippen molar-refractivity contribution in [3.05, 3.63) is 59.9 Å². The summed E-state index contributed by atoms with van der Waals surface area (Å²) in [7, 11) is 0. The number of thioether (sulfide) groups is 1. The molecule has 0 amide bonds. The number of hydrogen-bond acceptors (Lipinski definition) is 3. The highest BCUT2D eigenvalue weighted by atomic mass is 32.2. The zero-order chi connectivity index (χ0) is 12.2. The van der Waals surface area contributed by atoms with Gasteiger partial charge in [0, 0.05) is 29.1 Å². The second kappa shape index (κ2) is 5.55. The van der Waals surface area contributed by atoms with Gasteiger partial charge in [0.1, 0.15) is 0 Å². The molecule has 0 bridgehead atoms. The molecule has 18 heavy (non-hydrogen) atoms. The van der Waals surface area contributed by atoms with Crippen LogP contribution in [-0.2, 0) is 6.42 Å². The van der Waals surface area contributed by atoms with E-state index in [4.69, 9.17) is 0 Å². The fourth-order valence-electron chi connectivity index (χ4n) is 2.27. The minimum Gasteiger partial charge on any atom is -0.309 e. The van der Waals surface area contributed by atoms with Gasteiger partial charge in [-0.1, -0.05) is 24.3 Å². The predicted octanol–water partition coefficient (Wildman–Crippen LogP) is 3.06. The van der Waals surface area contributed by atoms with Crippen molar-refractivity contribution in [3.8, 4) is 0 Å². The van der Waals surface area contributed by atoms with Gasteiger partial charge in [0.15, 0.2) is 0 Å². The van der Waals surface area contributed by atoms with Gasteiger partial charge < -0.3 is 5.32 Å². The van der Waals surface area contributed by atoms with E-state index in [1.807, 2.05) is 30.2 Å². The number of aromatic nitrogens is 1. The number of nitrogens with zero attached hydrogens (tertiary/aromatic N) is 1. The van der Waals surface area contributed by atoms with Crippen LogP contribution in [0.4, 0.5) is 0 Å². The zero-order valence-corrected chi connectivity index (χ0v) is 11.0. The lowest BCUT2D eigenvalue weighted by atomic mass is 10.1. The SMILES string of the molecule is c1cncc(CCNC2CSc3ccccc32)c1. The third-order valence-corrected chi connectivity index (χ3v) is 4.41. The largest absolute Gasteiger partial charge is 0.309 e. The normalized spacial score (nSPS) is 17.7. The minimum atomic E-state index is 0.503. The van der Waals surface area contributed by atoms with Crippen LogP contribution in [0.3, 0.4) is 0 Å². The lowest BCUT2D eigenvalue weighted by Gasteiger charge is -2.12.